The van der Waals surface area contributed by atoms with E-state index >= 15 is 0 Å². The number of ether oxygens (including phenoxy) is 2. The molecular formula is C13H14O5. The number of carbonyl (C=O) groups excluding carboxylic acids is 2. The van der Waals surface area contributed by atoms with Gasteiger partial charge >= 0.3 is 0 Å². The number of aliphatic hydroxyl groups is 1. The highest BCUT2D eigenvalue weighted by Crippen LogP contribution is 2.30. The largest absolute Gasteiger partial charge is 0.493 e. The highest BCUT2D eigenvalue weighted by atomic mass is 16.6. The maximum absolute atomic E-state index is 10.8. The lowest BCUT2D eigenvalue weighted by Gasteiger charge is -2.23. The molecule has 1 rings (SSSR count). The van der Waals surface area contributed by atoms with Crippen molar-refractivity contribution >= 4 is 12.6 Å². The van der Waals surface area contributed by atoms with Crippen LogP contribution in [0.4, 0.5) is 0 Å². The first kappa shape index (κ1) is 13.9. The van der Waals surface area contributed by atoms with Gasteiger partial charge in [0, 0.05) is 12.0 Å². The van der Waals surface area contributed by atoms with Gasteiger partial charge in [-0.1, -0.05) is 6.08 Å². The van der Waals surface area contributed by atoms with Crippen molar-refractivity contribution in [2.45, 2.75) is 12.2 Å². The summed E-state index contributed by atoms with van der Waals surface area (Å²) >= 11 is 0. The fourth-order valence-electron chi connectivity index (χ4n) is 1.35. The average Bonchev–Trinajstić information content (AvgIpc) is 2.39. The predicted molar refractivity (Wildman–Crippen MR) is 64.8 cm³/mol. The lowest BCUT2D eigenvalue weighted by Crippen LogP contribution is -2.37. The molecule has 1 atom stereocenters. The molecule has 0 heterocycles. The minimum absolute atomic E-state index is 0.0604. The van der Waals surface area contributed by atoms with Gasteiger partial charge in [0.05, 0.1) is 7.11 Å². The Morgan fingerprint density at radius 3 is 2.61 bits per heavy atom. The molecule has 1 unspecified atom stereocenters. The molecule has 0 bridgehead atoms. The highest BCUT2D eigenvalue weighted by molar-refractivity contribution is 5.76. The maximum atomic E-state index is 10.8. The predicted octanol–water partition coefficient (Wildman–Crippen LogP) is 1.35. The number of benzene rings is 1. The van der Waals surface area contributed by atoms with Crippen LogP contribution in [-0.2, 0) is 4.79 Å². The van der Waals surface area contributed by atoms with Crippen LogP contribution in [0.3, 0.4) is 0 Å². The normalized spacial score (nSPS) is 13.2. The van der Waals surface area contributed by atoms with E-state index in [1.54, 1.807) is 0 Å². The van der Waals surface area contributed by atoms with Crippen molar-refractivity contribution < 1.29 is 24.2 Å². The zero-order valence-electron chi connectivity index (χ0n) is 9.96. The molecule has 0 fully saturated rings. The number of methoxy groups -OCH3 is 1. The topological polar surface area (TPSA) is 72.8 Å². The molecule has 0 radical (unpaired) electrons. The van der Waals surface area contributed by atoms with Crippen molar-refractivity contribution in [2.24, 2.45) is 0 Å². The summed E-state index contributed by atoms with van der Waals surface area (Å²) in [5.41, 5.74) is 0.401. The number of hydrogen-bond acceptors (Lipinski definition) is 5. The smallest absolute Gasteiger partial charge is 0.268 e. The molecule has 5 nitrogen and oxygen atoms in total. The molecule has 1 N–H and O–H groups in total. The second kappa shape index (κ2) is 5.97. The fourth-order valence-corrected chi connectivity index (χ4v) is 1.35. The van der Waals surface area contributed by atoms with Crippen molar-refractivity contribution in [3.8, 4) is 11.5 Å². The fraction of sp³-hybridized carbons (Fsp3) is 0.231. The second-order valence-electron chi connectivity index (χ2n) is 3.59. The lowest BCUT2D eigenvalue weighted by molar-refractivity contribution is -0.157. The summed E-state index contributed by atoms with van der Waals surface area (Å²) < 4.78 is 10.2. The molecule has 0 aliphatic heterocycles. The number of hydrogen-bond donors (Lipinski definition) is 1. The van der Waals surface area contributed by atoms with Crippen molar-refractivity contribution in [3.05, 3.63) is 36.4 Å². The van der Waals surface area contributed by atoms with Crippen LogP contribution in [0.2, 0.25) is 0 Å². The third-order valence-electron chi connectivity index (χ3n) is 2.23. The first-order valence-corrected chi connectivity index (χ1v) is 5.20. The van der Waals surface area contributed by atoms with Crippen LogP contribution < -0.4 is 9.47 Å². The summed E-state index contributed by atoms with van der Waals surface area (Å²) in [5.74, 6) is -1.57. The molecular weight excluding hydrogens is 236 g/mol. The van der Waals surface area contributed by atoms with Gasteiger partial charge in [-0.05, 0) is 18.2 Å². The molecule has 1 aromatic rings. The van der Waals surface area contributed by atoms with E-state index in [2.05, 4.69) is 6.58 Å². The Kier molecular flexibility index (Phi) is 4.62. The molecule has 0 amide bonds. The Morgan fingerprint density at radius 1 is 1.39 bits per heavy atom. The van der Waals surface area contributed by atoms with Crippen molar-refractivity contribution in [1.29, 1.82) is 0 Å². The summed E-state index contributed by atoms with van der Waals surface area (Å²) in [7, 11) is 1.39. The first-order valence-electron chi connectivity index (χ1n) is 5.20. The quantitative estimate of drug-likeness (QED) is 0.449. The van der Waals surface area contributed by atoms with E-state index < -0.39 is 5.79 Å². The van der Waals surface area contributed by atoms with Gasteiger partial charge in [-0.3, -0.25) is 9.59 Å². The van der Waals surface area contributed by atoms with Crippen LogP contribution in [0.15, 0.2) is 30.9 Å². The molecule has 0 saturated carbocycles. The summed E-state index contributed by atoms with van der Waals surface area (Å²) in [4.78, 5) is 21.4. The van der Waals surface area contributed by atoms with Gasteiger partial charge in [0.25, 0.3) is 5.79 Å². The monoisotopic (exact) mass is 250 g/mol. The Labute approximate surface area is 105 Å². The Morgan fingerprint density at radius 2 is 2.11 bits per heavy atom. The molecule has 1 aromatic carbocycles. The Hall–Kier alpha value is -2.14. The Bertz CT molecular complexity index is 455. The van der Waals surface area contributed by atoms with Crippen molar-refractivity contribution in [2.75, 3.05) is 7.11 Å². The third kappa shape index (κ3) is 3.18. The number of rotatable bonds is 7. The van der Waals surface area contributed by atoms with E-state index in [9.17, 15) is 14.7 Å². The van der Waals surface area contributed by atoms with Gasteiger partial charge in [0.15, 0.2) is 17.8 Å². The Balaban J connectivity index is 3.05. The number of carbonyl (C=O) groups is 2. The van der Waals surface area contributed by atoms with Crippen molar-refractivity contribution in [3.63, 3.8) is 0 Å². The molecule has 0 aliphatic rings. The molecule has 18 heavy (non-hydrogen) atoms. The van der Waals surface area contributed by atoms with E-state index in [-0.39, 0.29) is 24.2 Å². The molecule has 96 valence electrons. The van der Waals surface area contributed by atoms with Gasteiger partial charge in [0.2, 0.25) is 0 Å². The molecule has 0 aliphatic carbocycles. The van der Waals surface area contributed by atoms with Gasteiger partial charge < -0.3 is 14.6 Å². The third-order valence-corrected chi connectivity index (χ3v) is 2.23. The van der Waals surface area contributed by atoms with Crippen LogP contribution in [-0.4, -0.2) is 30.6 Å². The van der Waals surface area contributed by atoms with Gasteiger partial charge in [-0.15, -0.1) is 6.58 Å². The molecule has 0 spiro atoms. The van der Waals surface area contributed by atoms with Gasteiger partial charge in [-0.25, -0.2) is 0 Å². The van der Waals surface area contributed by atoms with Crippen molar-refractivity contribution in [1.82, 2.24) is 0 Å². The van der Waals surface area contributed by atoms with E-state index in [4.69, 9.17) is 9.47 Å². The highest BCUT2D eigenvalue weighted by Gasteiger charge is 2.28. The van der Waals surface area contributed by atoms with Crippen LogP contribution in [0, 0.1) is 0 Å². The van der Waals surface area contributed by atoms with E-state index in [1.165, 1.54) is 31.4 Å². The van der Waals surface area contributed by atoms with Crippen LogP contribution in [0.5, 0.6) is 11.5 Å². The summed E-state index contributed by atoms with van der Waals surface area (Å²) in [6.07, 6.45) is 2.24. The summed E-state index contributed by atoms with van der Waals surface area (Å²) in [6, 6.07) is 4.38. The minimum atomic E-state index is -1.99. The standard InChI is InChI=1S/C13H14O5/c1-3-6-13(16,9-15)18-11-5-4-10(8-14)7-12(11)17-2/h3-5,7-9,16H,1,6H2,2H3. The summed E-state index contributed by atoms with van der Waals surface area (Å²) in [6.45, 7) is 3.43. The van der Waals surface area contributed by atoms with E-state index in [1.807, 2.05) is 0 Å². The maximum Gasteiger partial charge on any atom is 0.268 e. The molecule has 5 heteroatoms. The molecule has 0 saturated heterocycles. The molecule has 0 aromatic heterocycles. The lowest BCUT2D eigenvalue weighted by atomic mass is 10.2. The number of aldehydes is 2. The zero-order chi connectivity index (χ0) is 13.6. The zero-order valence-corrected chi connectivity index (χ0v) is 9.96. The van der Waals surface area contributed by atoms with Crippen LogP contribution >= 0.6 is 0 Å². The van der Waals surface area contributed by atoms with Gasteiger partial charge in [0.1, 0.15) is 6.29 Å². The van der Waals surface area contributed by atoms with Gasteiger partial charge in [-0.2, -0.15) is 0 Å². The minimum Gasteiger partial charge on any atom is -0.493 e. The van der Waals surface area contributed by atoms with E-state index in [0.29, 0.717) is 11.8 Å². The van der Waals surface area contributed by atoms with Crippen LogP contribution in [0.1, 0.15) is 16.8 Å². The summed E-state index contributed by atoms with van der Waals surface area (Å²) in [5, 5.41) is 9.83. The van der Waals surface area contributed by atoms with E-state index in [0.717, 1.165) is 0 Å². The average molecular weight is 250 g/mol. The second-order valence-corrected chi connectivity index (χ2v) is 3.59. The van der Waals surface area contributed by atoms with Crippen LogP contribution in [0.25, 0.3) is 0 Å². The SMILES string of the molecule is C=CCC(O)(C=O)Oc1ccc(C=O)cc1OC. The first-order chi connectivity index (χ1) is 8.58.